The van der Waals surface area contributed by atoms with Gasteiger partial charge in [0.1, 0.15) is 5.82 Å². The van der Waals surface area contributed by atoms with Gasteiger partial charge in [-0.05, 0) is 42.5 Å². The Morgan fingerprint density at radius 3 is 2.57 bits per heavy atom. The monoisotopic (exact) mass is 481 g/mol. The minimum atomic E-state index is -1.01. The number of carboxylic acids is 1. The standard InChI is InChI=1S/C28H23N3O3S/c1-16-24-25(17-8-3-2-4-9-17)26-20(14-18(15-22(26)32)23-12-7-13-35-23)29-27(24)31(30-16)21-11-6-5-10-19(21)28(33)34/h2-13,18,25,29H,14-15H2,1H3,(H,33,34). The van der Waals surface area contributed by atoms with E-state index < -0.39 is 5.97 Å². The van der Waals surface area contributed by atoms with E-state index >= 15 is 0 Å². The van der Waals surface area contributed by atoms with Crippen LogP contribution in [-0.2, 0) is 4.79 Å². The quantitative estimate of drug-likeness (QED) is 0.379. The Bertz CT molecular complexity index is 1490. The van der Waals surface area contributed by atoms with E-state index in [4.69, 9.17) is 5.10 Å². The van der Waals surface area contributed by atoms with Crippen molar-refractivity contribution in [2.24, 2.45) is 0 Å². The topological polar surface area (TPSA) is 84.2 Å². The number of benzene rings is 2. The number of allylic oxidation sites excluding steroid dienone is 2. The zero-order valence-corrected chi connectivity index (χ0v) is 19.9. The summed E-state index contributed by atoms with van der Waals surface area (Å²) in [6.45, 7) is 1.92. The van der Waals surface area contributed by atoms with Crippen LogP contribution in [0.1, 0.15) is 56.7 Å². The van der Waals surface area contributed by atoms with Crippen molar-refractivity contribution in [3.63, 3.8) is 0 Å². The Labute approximate surface area is 206 Å². The Morgan fingerprint density at radius 2 is 1.83 bits per heavy atom. The number of rotatable bonds is 4. The average molecular weight is 482 g/mol. The number of ketones is 1. The molecule has 1 aliphatic heterocycles. The van der Waals surface area contributed by atoms with Gasteiger partial charge in [0, 0.05) is 40.0 Å². The Kier molecular flexibility index (Phi) is 5.15. The first-order valence-corrected chi connectivity index (χ1v) is 12.4. The summed E-state index contributed by atoms with van der Waals surface area (Å²) in [7, 11) is 0. The summed E-state index contributed by atoms with van der Waals surface area (Å²) in [5.41, 5.74) is 5.07. The molecule has 0 fully saturated rings. The van der Waals surface area contributed by atoms with Gasteiger partial charge in [0.05, 0.1) is 16.9 Å². The molecule has 0 spiro atoms. The van der Waals surface area contributed by atoms with Crippen molar-refractivity contribution in [2.45, 2.75) is 31.6 Å². The molecular formula is C28H23N3O3S. The van der Waals surface area contributed by atoms with Crippen molar-refractivity contribution in [3.8, 4) is 5.69 Å². The number of nitrogens with zero attached hydrogens (tertiary/aromatic N) is 2. The van der Waals surface area contributed by atoms with Gasteiger partial charge in [-0.2, -0.15) is 5.10 Å². The maximum absolute atomic E-state index is 13.7. The van der Waals surface area contributed by atoms with E-state index in [2.05, 4.69) is 11.4 Å². The molecule has 174 valence electrons. The zero-order valence-electron chi connectivity index (χ0n) is 19.1. The smallest absolute Gasteiger partial charge is 0.337 e. The first-order valence-electron chi connectivity index (χ1n) is 11.6. The molecule has 2 unspecified atom stereocenters. The molecular weight excluding hydrogens is 458 g/mol. The summed E-state index contributed by atoms with van der Waals surface area (Å²) in [6, 6.07) is 21.0. The van der Waals surface area contributed by atoms with Crippen molar-refractivity contribution in [1.82, 2.24) is 9.78 Å². The molecule has 4 aromatic rings. The van der Waals surface area contributed by atoms with Gasteiger partial charge in [0.25, 0.3) is 0 Å². The molecule has 6 rings (SSSR count). The minimum Gasteiger partial charge on any atom is -0.478 e. The molecule has 2 aromatic heterocycles. The first kappa shape index (κ1) is 21.6. The third kappa shape index (κ3) is 3.51. The predicted molar refractivity (Wildman–Crippen MR) is 135 cm³/mol. The number of fused-ring (bicyclic) bond motifs is 1. The lowest BCUT2D eigenvalue weighted by atomic mass is 9.73. The van der Waals surface area contributed by atoms with Crippen LogP contribution in [0.3, 0.4) is 0 Å². The molecule has 35 heavy (non-hydrogen) atoms. The number of hydrogen-bond acceptors (Lipinski definition) is 5. The van der Waals surface area contributed by atoms with Gasteiger partial charge >= 0.3 is 5.97 Å². The van der Waals surface area contributed by atoms with Gasteiger partial charge in [-0.1, -0.05) is 48.5 Å². The number of carboxylic acid groups (broad SMARTS) is 1. The lowest BCUT2D eigenvalue weighted by Gasteiger charge is -2.35. The molecule has 0 saturated heterocycles. The molecule has 2 N–H and O–H groups in total. The summed E-state index contributed by atoms with van der Waals surface area (Å²) in [4.78, 5) is 26.9. The molecule has 0 saturated carbocycles. The van der Waals surface area contributed by atoms with Crippen molar-refractivity contribution in [2.75, 3.05) is 5.32 Å². The second kappa shape index (κ2) is 8.36. The number of carbonyl (C=O) groups excluding carboxylic acids is 1. The number of carbonyl (C=O) groups is 2. The third-order valence-electron chi connectivity index (χ3n) is 6.90. The second-order valence-electron chi connectivity index (χ2n) is 8.99. The Hall–Kier alpha value is -3.97. The number of anilines is 1. The van der Waals surface area contributed by atoms with Crippen LogP contribution in [0.25, 0.3) is 5.69 Å². The van der Waals surface area contributed by atoms with Gasteiger partial charge in [0.15, 0.2) is 5.78 Å². The van der Waals surface area contributed by atoms with E-state index in [1.54, 1.807) is 34.2 Å². The predicted octanol–water partition coefficient (Wildman–Crippen LogP) is 5.90. The molecule has 0 radical (unpaired) electrons. The number of hydrogen-bond donors (Lipinski definition) is 2. The highest BCUT2D eigenvalue weighted by Crippen LogP contribution is 2.49. The van der Waals surface area contributed by atoms with Crippen molar-refractivity contribution in [1.29, 1.82) is 0 Å². The van der Waals surface area contributed by atoms with Gasteiger partial charge in [0.2, 0.25) is 0 Å². The summed E-state index contributed by atoms with van der Waals surface area (Å²) in [5.74, 6) is -0.276. The van der Waals surface area contributed by atoms with Crippen LogP contribution < -0.4 is 5.32 Å². The molecule has 0 amide bonds. The summed E-state index contributed by atoms with van der Waals surface area (Å²) in [5, 5.41) is 20.2. The number of Topliss-reactive ketones (excluding diaryl/α,β-unsaturated/α-hetero) is 1. The molecule has 0 bridgehead atoms. The molecule has 3 heterocycles. The van der Waals surface area contributed by atoms with Crippen LogP contribution in [0.5, 0.6) is 0 Å². The summed E-state index contributed by atoms with van der Waals surface area (Å²) < 4.78 is 1.69. The summed E-state index contributed by atoms with van der Waals surface area (Å²) >= 11 is 1.68. The van der Waals surface area contributed by atoms with E-state index in [1.807, 2.05) is 54.8 Å². The highest BCUT2D eigenvalue weighted by molar-refractivity contribution is 7.10. The number of aromatic nitrogens is 2. The fraction of sp³-hybridized carbons (Fsp3) is 0.179. The fourth-order valence-corrected chi connectivity index (χ4v) is 6.22. The van der Waals surface area contributed by atoms with Gasteiger partial charge in [-0.15, -0.1) is 11.3 Å². The van der Waals surface area contributed by atoms with Crippen molar-refractivity contribution >= 4 is 28.9 Å². The van der Waals surface area contributed by atoms with Crippen LogP contribution in [0.2, 0.25) is 0 Å². The maximum Gasteiger partial charge on any atom is 0.337 e. The number of nitrogens with one attached hydrogen (secondary N) is 1. The highest BCUT2D eigenvalue weighted by atomic mass is 32.1. The SMILES string of the molecule is Cc1nn(-c2ccccc2C(=O)O)c2c1C(c1ccccc1)C1=C(CC(c3cccs3)CC1=O)N2. The average Bonchev–Trinajstić information content (AvgIpc) is 3.52. The lowest BCUT2D eigenvalue weighted by molar-refractivity contribution is -0.116. The number of thiophene rings is 1. The fourth-order valence-electron chi connectivity index (χ4n) is 5.39. The molecule has 2 atom stereocenters. The molecule has 6 nitrogen and oxygen atoms in total. The number of aryl methyl sites for hydroxylation is 1. The third-order valence-corrected chi connectivity index (χ3v) is 7.94. The molecule has 1 aliphatic carbocycles. The van der Waals surface area contributed by atoms with Crippen molar-refractivity contribution in [3.05, 3.63) is 111 Å². The first-order chi connectivity index (χ1) is 17.0. The van der Waals surface area contributed by atoms with Gasteiger partial charge in [-0.25, -0.2) is 9.48 Å². The normalized spacial score (nSPS) is 19.2. The van der Waals surface area contributed by atoms with E-state index in [9.17, 15) is 14.7 Å². The van der Waals surface area contributed by atoms with Gasteiger partial charge in [-0.3, -0.25) is 4.79 Å². The van der Waals surface area contributed by atoms with Crippen molar-refractivity contribution < 1.29 is 14.7 Å². The number of para-hydroxylation sites is 1. The Morgan fingerprint density at radius 1 is 1.06 bits per heavy atom. The maximum atomic E-state index is 13.7. The van der Waals surface area contributed by atoms with E-state index in [0.717, 1.165) is 40.3 Å². The second-order valence-corrected chi connectivity index (χ2v) is 9.97. The molecule has 2 aromatic carbocycles. The van der Waals surface area contributed by atoms with Crippen LogP contribution in [0, 0.1) is 6.92 Å². The minimum absolute atomic E-state index is 0.121. The lowest BCUT2D eigenvalue weighted by Crippen LogP contribution is -2.30. The van der Waals surface area contributed by atoms with Crippen LogP contribution in [0.4, 0.5) is 5.82 Å². The van der Waals surface area contributed by atoms with E-state index in [1.165, 1.54) is 4.88 Å². The Balaban J connectivity index is 1.56. The largest absolute Gasteiger partial charge is 0.478 e. The van der Waals surface area contributed by atoms with E-state index in [0.29, 0.717) is 12.1 Å². The summed E-state index contributed by atoms with van der Waals surface area (Å²) in [6.07, 6.45) is 1.20. The molecule has 7 heteroatoms. The van der Waals surface area contributed by atoms with Gasteiger partial charge < -0.3 is 10.4 Å². The van der Waals surface area contributed by atoms with Crippen LogP contribution >= 0.6 is 11.3 Å². The molecule has 2 aliphatic rings. The highest BCUT2D eigenvalue weighted by Gasteiger charge is 2.41. The number of aromatic carboxylic acids is 1. The zero-order chi connectivity index (χ0) is 24.1. The van der Waals surface area contributed by atoms with Crippen LogP contribution in [-0.4, -0.2) is 26.6 Å². The van der Waals surface area contributed by atoms with E-state index in [-0.39, 0.29) is 23.2 Å². The van der Waals surface area contributed by atoms with Crippen LogP contribution in [0.15, 0.2) is 83.4 Å².